The number of nitrogens with zero attached hydrogens (tertiary/aromatic N) is 6. The second-order valence-electron chi connectivity index (χ2n) is 6.95. The molecule has 0 unspecified atom stereocenters. The predicted molar refractivity (Wildman–Crippen MR) is 105 cm³/mol. The summed E-state index contributed by atoms with van der Waals surface area (Å²) < 4.78 is 5.36. The second kappa shape index (κ2) is 7.30. The van der Waals surface area contributed by atoms with Crippen LogP contribution >= 0.6 is 0 Å². The Labute approximate surface area is 166 Å². The van der Waals surface area contributed by atoms with Gasteiger partial charge in [0.2, 0.25) is 5.95 Å². The molecule has 3 N–H and O–H groups in total. The number of aromatic nitrogens is 7. The van der Waals surface area contributed by atoms with E-state index in [9.17, 15) is 0 Å². The Balaban J connectivity index is 1.26. The smallest absolute Gasteiger partial charge is 0.225 e. The van der Waals surface area contributed by atoms with Gasteiger partial charge < -0.3 is 15.2 Å². The lowest BCUT2D eigenvalue weighted by Crippen LogP contribution is -2.06. The van der Waals surface area contributed by atoms with Crippen LogP contribution in [0.25, 0.3) is 11.4 Å². The van der Waals surface area contributed by atoms with Gasteiger partial charge in [-0.2, -0.15) is 10.1 Å². The predicted octanol–water partition coefficient (Wildman–Crippen LogP) is 3.19. The Hall–Kier alpha value is -3.82. The SMILES string of the molecule is Cc1cc(Nc2cc(C3CC3)[nH]n2)nc(NCc2cc(-c3cnccn3)no2)n1. The van der Waals surface area contributed by atoms with E-state index < -0.39 is 0 Å². The van der Waals surface area contributed by atoms with E-state index >= 15 is 0 Å². The number of rotatable bonds is 7. The van der Waals surface area contributed by atoms with Crippen molar-refractivity contribution in [1.29, 1.82) is 0 Å². The Morgan fingerprint density at radius 2 is 2.03 bits per heavy atom. The molecule has 0 spiro atoms. The molecule has 0 aliphatic heterocycles. The van der Waals surface area contributed by atoms with Crippen LogP contribution in [0.5, 0.6) is 0 Å². The van der Waals surface area contributed by atoms with Gasteiger partial charge in [-0.05, 0) is 19.8 Å². The zero-order valence-corrected chi connectivity index (χ0v) is 15.8. The van der Waals surface area contributed by atoms with Crippen molar-refractivity contribution in [2.75, 3.05) is 10.6 Å². The quantitative estimate of drug-likeness (QED) is 0.436. The van der Waals surface area contributed by atoms with E-state index in [0.29, 0.717) is 41.4 Å². The van der Waals surface area contributed by atoms with Crippen LogP contribution in [0.3, 0.4) is 0 Å². The molecule has 1 aliphatic carbocycles. The van der Waals surface area contributed by atoms with Crippen molar-refractivity contribution in [1.82, 2.24) is 35.3 Å². The third-order valence-electron chi connectivity index (χ3n) is 4.53. The van der Waals surface area contributed by atoms with Gasteiger partial charge in [-0.25, -0.2) is 4.98 Å². The van der Waals surface area contributed by atoms with Crippen LogP contribution in [0, 0.1) is 6.92 Å². The van der Waals surface area contributed by atoms with Crippen molar-refractivity contribution in [3.63, 3.8) is 0 Å². The molecule has 0 aromatic carbocycles. The summed E-state index contributed by atoms with van der Waals surface area (Å²) in [6, 6.07) is 5.72. The van der Waals surface area contributed by atoms with E-state index in [0.717, 1.165) is 11.5 Å². The van der Waals surface area contributed by atoms with Gasteiger partial charge in [0.05, 0.1) is 12.7 Å². The van der Waals surface area contributed by atoms with E-state index in [2.05, 4.69) is 45.9 Å². The van der Waals surface area contributed by atoms with Gasteiger partial charge >= 0.3 is 0 Å². The van der Waals surface area contributed by atoms with Crippen LogP contribution in [0.1, 0.15) is 35.9 Å². The third kappa shape index (κ3) is 4.05. The molecule has 4 aromatic heterocycles. The number of H-pyrrole nitrogens is 1. The molecule has 1 saturated carbocycles. The van der Waals surface area contributed by atoms with Gasteiger partial charge in [-0.15, -0.1) is 0 Å². The Morgan fingerprint density at radius 3 is 2.86 bits per heavy atom. The highest BCUT2D eigenvalue weighted by Gasteiger charge is 2.25. The minimum absolute atomic E-state index is 0.393. The van der Waals surface area contributed by atoms with Crippen LogP contribution < -0.4 is 10.6 Å². The van der Waals surface area contributed by atoms with Crippen molar-refractivity contribution < 1.29 is 4.52 Å². The molecule has 4 heterocycles. The average Bonchev–Trinajstić information content (AvgIpc) is 3.29. The highest BCUT2D eigenvalue weighted by atomic mass is 16.5. The first-order valence-corrected chi connectivity index (χ1v) is 9.37. The molecule has 5 rings (SSSR count). The largest absolute Gasteiger partial charge is 0.359 e. The fourth-order valence-electron chi connectivity index (χ4n) is 2.96. The van der Waals surface area contributed by atoms with E-state index in [-0.39, 0.29) is 0 Å². The third-order valence-corrected chi connectivity index (χ3v) is 4.53. The van der Waals surface area contributed by atoms with Gasteiger partial charge in [0.25, 0.3) is 0 Å². The molecule has 0 bridgehead atoms. The lowest BCUT2D eigenvalue weighted by atomic mass is 10.3. The fraction of sp³-hybridized carbons (Fsp3) is 0.263. The Kier molecular flexibility index (Phi) is 4.35. The molecule has 29 heavy (non-hydrogen) atoms. The highest BCUT2D eigenvalue weighted by Crippen LogP contribution is 2.39. The lowest BCUT2D eigenvalue weighted by molar-refractivity contribution is 0.389. The normalized spacial score (nSPS) is 13.4. The second-order valence-corrected chi connectivity index (χ2v) is 6.95. The average molecular weight is 389 g/mol. The van der Waals surface area contributed by atoms with Crippen LogP contribution in [0.4, 0.5) is 17.6 Å². The minimum Gasteiger partial charge on any atom is -0.359 e. The zero-order chi connectivity index (χ0) is 19.6. The van der Waals surface area contributed by atoms with Crippen LogP contribution in [-0.2, 0) is 6.54 Å². The summed E-state index contributed by atoms with van der Waals surface area (Å²) in [6.07, 6.45) is 7.32. The number of nitrogens with one attached hydrogen (secondary N) is 3. The minimum atomic E-state index is 0.393. The first-order valence-electron chi connectivity index (χ1n) is 9.37. The summed E-state index contributed by atoms with van der Waals surface area (Å²) in [5.74, 6) is 3.18. The van der Waals surface area contributed by atoms with Gasteiger partial charge in [-0.3, -0.25) is 15.1 Å². The number of aromatic amines is 1. The maximum Gasteiger partial charge on any atom is 0.225 e. The van der Waals surface area contributed by atoms with Crippen molar-refractivity contribution >= 4 is 17.6 Å². The summed E-state index contributed by atoms with van der Waals surface area (Å²) in [4.78, 5) is 17.2. The molecule has 0 atom stereocenters. The van der Waals surface area contributed by atoms with Gasteiger partial charge in [0, 0.05) is 47.9 Å². The van der Waals surface area contributed by atoms with Gasteiger partial charge in [0.1, 0.15) is 17.2 Å². The maximum atomic E-state index is 5.36. The molecule has 10 nitrogen and oxygen atoms in total. The van der Waals surface area contributed by atoms with E-state index in [1.165, 1.54) is 18.5 Å². The molecule has 1 aliphatic rings. The molecular weight excluding hydrogens is 370 g/mol. The van der Waals surface area contributed by atoms with Crippen molar-refractivity contribution in [3.8, 4) is 11.4 Å². The molecular formula is C19H19N9O. The topological polar surface area (TPSA) is 130 Å². The first kappa shape index (κ1) is 17.3. The van der Waals surface area contributed by atoms with Gasteiger partial charge in [0.15, 0.2) is 11.6 Å². The number of anilines is 3. The van der Waals surface area contributed by atoms with Crippen LogP contribution in [-0.4, -0.2) is 35.3 Å². The summed E-state index contributed by atoms with van der Waals surface area (Å²) in [7, 11) is 0. The fourth-order valence-corrected chi connectivity index (χ4v) is 2.96. The molecule has 1 fully saturated rings. The molecule has 0 radical (unpaired) electrons. The number of hydrogen-bond donors (Lipinski definition) is 3. The Bertz CT molecular complexity index is 1120. The van der Waals surface area contributed by atoms with Crippen molar-refractivity contribution in [2.45, 2.75) is 32.2 Å². The number of hydrogen-bond acceptors (Lipinski definition) is 9. The standard InChI is InChI=1S/C19H19N9O/c1-11-6-17(24-18-8-14(26-27-18)12-2-3-12)25-19(23-11)22-9-13-7-15(28-29-13)16-10-20-4-5-21-16/h4-8,10,12H,2-3,9H2,1H3,(H3,22,23,24,25,26,27). The molecule has 10 heteroatoms. The summed E-state index contributed by atoms with van der Waals surface area (Å²) in [5, 5.41) is 17.8. The first-order chi connectivity index (χ1) is 14.2. The lowest BCUT2D eigenvalue weighted by Gasteiger charge is -2.07. The highest BCUT2D eigenvalue weighted by molar-refractivity contribution is 5.55. The maximum absolute atomic E-state index is 5.36. The van der Waals surface area contributed by atoms with E-state index in [4.69, 9.17) is 4.52 Å². The molecule has 4 aromatic rings. The zero-order valence-electron chi connectivity index (χ0n) is 15.8. The van der Waals surface area contributed by atoms with Crippen molar-refractivity contribution in [2.24, 2.45) is 0 Å². The molecule has 0 amide bonds. The monoisotopic (exact) mass is 389 g/mol. The van der Waals surface area contributed by atoms with Crippen LogP contribution in [0.2, 0.25) is 0 Å². The van der Waals surface area contributed by atoms with E-state index in [1.807, 2.05) is 25.1 Å². The van der Waals surface area contributed by atoms with Crippen molar-refractivity contribution in [3.05, 3.63) is 53.9 Å². The van der Waals surface area contributed by atoms with E-state index in [1.54, 1.807) is 18.6 Å². The Morgan fingerprint density at radius 1 is 1.10 bits per heavy atom. The number of aryl methyl sites for hydroxylation is 1. The summed E-state index contributed by atoms with van der Waals surface area (Å²) in [5.41, 5.74) is 3.29. The molecule has 146 valence electrons. The van der Waals surface area contributed by atoms with Gasteiger partial charge in [-0.1, -0.05) is 5.16 Å². The van der Waals surface area contributed by atoms with Crippen LogP contribution in [0.15, 0.2) is 41.3 Å². The summed E-state index contributed by atoms with van der Waals surface area (Å²) in [6.45, 7) is 2.31. The molecule has 0 saturated heterocycles. The summed E-state index contributed by atoms with van der Waals surface area (Å²) >= 11 is 0.